The van der Waals surface area contributed by atoms with E-state index in [1.165, 1.54) is 15.7 Å². The Morgan fingerprint density at radius 2 is 0.924 bits per heavy atom. The van der Waals surface area contributed by atoms with Crippen molar-refractivity contribution in [3.63, 3.8) is 0 Å². The molecule has 0 amide bonds. The van der Waals surface area contributed by atoms with E-state index in [0.717, 1.165) is 33.0 Å². The van der Waals surface area contributed by atoms with E-state index in [2.05, 4.69) is 0 Å². The minimum absolute atomic E-state index is 0.0612. The van der Waals surface area contributed by atoms with Crippen LogP contribution in [0.25, 0.3) is 72.3 Å². The van der Waals surface area contributed by atoms with Crippen LogP contribution in [-0.2, 0) is 6.42 Å². The van der Waals surface area contributed by atoms with Crippen LogP contribution in [0.15, 0.2) is 95.4 Å². The van der Waals surface area contributed by atoms with Crippen LogP contribution in [-0.4, -0.2) is 77.0 Å². The molecule has 7 aromatic carbocycles. The van der Waals surface area contributed by atoms with Gasteiger partial charge in [-0.15, -0.1) is 0 Å². The van der Waals surface area contributed by atoms with Crippen molar-refractivity contribution in [3.8, 4) is 103 Å². The molecule has 1 aliphatic rings. The molecule has 0 bridgehead atoms. The number of phenols is 12. The molecule has 0 unspecified atom stereocenters. The van der Waals surface area contributed by atoms with Crippen LogP contribution >= 0.6 is 0 Å². The van der Waals surface area contributed by atoms with E-state index in [-0.39, 0.29) is 34.0 Å². The van der Waals surface area contributed by atoms with Gasteiger partial charge in [0.15, 0.2) is 23.0 Å². The average Bonchev–Trinajstić information content (AvgIpc) is 3.54. The predicted octanol–water partition coefficient (Wildman–Crippen LogP) is 6.98. The van der Waals surface area contributed by atoms with E-state index in [4.69, 9.17) is 4.42 Å². The quantitative estimate of drug-likeness (QED) is 0.0265. The van der Waals surface area contributed by atoms with Gasteiger partial charge in [0, 0.05) is 16.7 Å². The molecule has 0 fully saturated rings. The van der Waals surface area contributed by atoms with Gasteiger partial charge in [-0.25, -0.2) is 0 Å². The molecule has 15 heteroatoms. The molecular formula is C51H40B2O13. The highest BCUT2D eigenvalue weighted by atomic mass is 16.4. The number of rotatable bonds is 6. The van der Waals surface area contributed by atoms with Gasteiger partial charge in [-0.3, -0.25) is 0 Å². The summed E-state index contributed by atoms with van der Waals surface area (Å²) < 4.78 is 6.62. The summed E-state index contributed by atoms with van der Waals surface area (Å²) in [5.74, 6) is -9.62. The highest BCUT2D eigenvalue weighted by Gasteiger charge is 2.33. The molecular weight excluding hydrogens is 842 g/mol. The maximum absolute atomic E-state index is 12.0. The zero-order valence-electron chi connectivity index (χ0n) is 35.7. The lowest BCUT2D eigenvalue weighted by Gasteiger charge is -2.23. The third-order valence-corrected chi connectivity index (χ3v) is 12.7. The molecule has 0 spiro atoms. The number of hydrogen-bond donors (Lipinski definition) is 12. The zero-order chi connectivity index (χ0) is 47.2. The molecule has 0 radical (unpaired) electrons. The van der Waals surface area contributed by atoms with E-state index >= 15 is 0 Å². The van der Waals surface area contributed by atoms with Gasteiger partial charge in [-0.2, -0.15) is 0 Å². The van der Waals surface area contributed by atoms with Crippen LogP contribution < -0.4 is 10.9 Å². The number of phenolic OH excluding ortho intramolecular Hbond substituents is 12. The summed E-state index contributed by atoms with van der Waals surface area (Å²) in [5, 5.41) is 132. The van der Waals surface area contributed by atoms with Gasteiger partial charge < -0.3 is 65.7 Å². The second-order valence-corrected chi connectivity index (χ2v) is 16.1. The molecule has 1 aromatic heterocycles. The van der Waals surface area contributed by atoms with Crippen LogP contribution in [0.5, 0.6) is 69.0 Å². The monoisotopic (exact) mass is 882 g/mol. The molecule has 1 heterocycles. The normalized spacial score (nSPS) is 12.7. The van der Waals surface area contributed by atoms with Gasteiger partial charge in [-0.1, -0.05) is 91.0 Å². The van der Waals surface area contributed by atoms with Crippen LogP contribution in [0.2, 0.25) is 0 Å². The molecule has 0 saturated heterocycles. The minimum Gasteiger partial charge on any atom is -0.508 e. The van der Waals surface area contributed by atoms with Gasteiger partial charge in [0.2, 0.25) is 34.5 Å². The van der Waals surface area contributed by atoms with Crippen molar-refractivity contribution in [1.29, 1.82) is 0 Å². The molecule has 328 valence electrons. The Kier molecular flexibility index (Phi) is 10.0. The second kappa shape index (κ2) is 15.5. The van der Waals surface area contributed by atoms with Crippen molar-refractivity contribution in [3.05, 3.63) is 125 Å². The highest BCUT2D eigenvalue weighted by molar-refractivity contribution is 6.48. The first kappa shape index (κ1) is 42.6. The Bertz CT molecular complexity index is 3380. The number of aromatic hydroxyl groups is 12. The van der Waals surface area contributed by atoms with E-state index in [9.17, 15) is 61.3 Å². The van der Waals surface area contributed by atoms with Gasteiger partial charge in [-0.05, 0) is 92.2 Å². The minimum atomic E-state index is -1.14. The van der Waals surface area contributed by atoms with Gasteiger partial charge >= 0.3 is 0 Å². The maximum Gasteiger partial charge on any atom is 0.208 e. The summed E-state index contributed by atoms with van der Waals surface area (Å²) >= 11 is 0. The number of allylic oxidation sites excluding steroid dienone is 4. The summed E-state index contributed by atoms with van der Waals surface area (Å²) in [4.78, 5) is 0. The van der Waals surface area contributed by atoms with Crippen LogP contribution in [0.3, 0.4) is 0 Å². The fraction of sp³-hybridized carbons (Fsp3) is 0.0588. The fourth-order valence-electron chi connectivity index (χ4n) is 9.33. The molecule has 9 rings (SSSR count). The molecule has 66 heavy (non-hydrogen) atoms. The first-order chi connectivity index (χ1) is 31.5. The van der Waals surface area contributed by atoms with Crippen LogP contribution in [0, 0.1) is 6.92 Å². The third kappa shape index (κ3) is 6.04. The molecule has 0 atom stereocenters. The molecule has 13 nitrogen and oxygen atoms in total. The number of hydrogen-bond acceptors (Lipinski definition) is 13. The van der Waals surface area contributed by atoms with E-state index < -0.39 is 74.6 Å². The maximum atomic E-state index is 12.0. The number of fused-ring (bicyclic) bond motifs is 5. The number of furan rings is 1. The van der Waals surface area contributed by atoms with Crippen molar-refractivity contribution in [2.75, 3.05) is 0 Å². The van der Waals surface area contributed by atoms with Gasteiger partial charge in [0.25, 0.3) is 0 Å². The largest absolute Gasteiger partial charge is 0.508 e. The third-order valence-electron chi connectivity index (χ3n) is 12.7. The molecule has 12 N–H and O–H groups in total. The second-order valence-electron chi connectivity index (χ2n) is 16.1. The van der Waals surface area contributed by atoms with Crippen molar-refractivity contribution in [2.45, 2.75) is 20.3 Å². The van der Waals surface area contributed by atoms with Crippen molar-refractivity contribution in [2.24, 2.45) is 0 Å². The smallest absolute Gasteiger partial charge is 0.208 e. The first-order valence-electron chi connectivity index (χ1n) is 20.7. The summed E-state index contributed by atoms with van der Waals surface area (Å²) in [6.07, 6.45) is 7.76. The Morgan fingerprint density at radius 1 is 0.500 bits per heavy atom. The molecule has 0 saturated carbocycles. The van der Waals surface area contributed by atoms with Gasteiger partial charge in [0.05, 0.1) is 16.7 Å². The van der Waals surface area contributed by atoms with E-state index in [0.29, 0.717) is 44.6 Å². The van der Waals surface area contributed by atoms with E-state index in [1.54, 1.807) is 18.2 Å². The Balaban J connectivity index is 1.18. The summed E-state index contributed by atoms with van der Waals surface area (Å²) in [6.45, 7) is 3.82. The summed E-state index contributed by atoms with van der Waals surface area (Å²) in [5.41, 5.74) is 4.56. The summed E-state index contributed by atoms with van der Waals surface area (Å²) in [6, 6.07) is 22.2. The molecule has 1 aliphatic carbocycles. The zero-order valence-corrected chi connectivity index (χ0v) is 35.7. The Morgan fingerprint density at radius 3 is 1.42 bits per heavy atom. The standard InChI is InChI=1S/C51H40B2O13/c1-3-21(16-19-30-20(2)22-17-18-28(23-10-4-9-15-29(23)51(22)66-30)33-41(56)45(60)49(64)46(61)42(33)57)31-24-11-5-7-13-26(24)32(27-14-8-6-12-25(27)31)35-39(54)37(52)34(38(53)40(35)55)36-43(58)47(62)50(65)48(63)44(36)59/h3-16,18-19,54-65H,17,52-53H2,1-2H3/b19-16-,21-3+. The van der Waals surface area contributed by atoms with Crippen LogP contribution in [0.4, 0.5) is 0 Å². The fourth-order valence-corrected chi connectivity index (χ4v) is 9.33. The lowest BCUT2D eigenvalue weighted by molar-refractivity contribution is 0.327. The number of benzene rings is 7. The van der Waals surface area contributed by atoms with E-state index in [1.807, 2.05) is 92.7 Å². The SMILES string of the molecule is Bc1c(O)c(-c2c3ccccc3c(C(/C=C\c3oc4c(c3C)CC=C(c3c(O)c(O)c(O)c(O)c3O)c3ccccc3-4)=C/C)c3ccccc23)c(O)c(B)c1-c1c(O)c(O)c(O)c(O)c1O. The lowest BCUT2D eigenvalue weighted by Crippen LogP contribution is -2.22. The predicted molar refractivity (Wildman–Crippen MR) is 257 cm³/mol. The topological polar surface area (TPSA) is 256 Å². The molecule has 8 aromatic rings. The Labute approximate surface area is 377 Å². The molecule has 0 aliphatic heterocycles. The highest BCUT2D eigenvalue weighted by Crippen LogP contribution is 2.57. The van der Waals surface area contributed by atoms with Crippen LogP contribution in [0.1, 0.15) is 40.5 Å². The first-order valence-corrected chi connectivity index (χ1v) is 20.7. The van der Waals surface area contributed by atoms with Crippen molar-refractivity contribution < 1.29 is 65.7 Å². The average molecular weight is 882 g/mol. The lowest BCUT2D eigenvalue weighted by atomic mass is 9.73. The summed E-state index contributed by atoms with van der Waals surface area (Å²) in [7, 11) is 2.99. The van der Waals surface area contributed by atoms with Crippen molar-refractivity contribution in [1.82, 2.24) is 0 Å². The van der Waals surface area contributed by atoms with Crippen molar-refractivity contribution >= 4 is 65.4 Å². The Hall–Kier alpha value is -8.71. The van der Waals surface area contributed by atoms with Gasteiger partial charge in [0.1, 0.15) is 38.7 Å².